The third-order valence-corrected chi connectivity index (χ3v) is 8.10. The molecule has 1 fully saturated rings. The molecule has 1 N–H and O–H groups in total. The van der Waals surface area contributed by atoms with Crippen molar-refractivity contribution in [2.75, 3.05) is 31.6 Å². The van der Waals surface area contributed by atoms with Crippen molar-refractivity contribution in [1.29, 1.82) is 0 Å². The van der Waals surface area contributed by atoms with Gasteiger partial charge in [-0.1, -0.05) is 6.07 Å². The van der Waals surface area contributed by atoms with E-state index in [0.717, 1.165) is 61.7 Å². The number of fused-ring (bicyclic) bond motifs is 1. The standard InChI is InChI=1S/C29H31F3N4O3/c1-34(21-9-14-35(15-10-21)22-7-12-33-13-8-22)27(37)20-6-5-19-3-2-4-26(23(19)17-20)36-16-11-25(29(30,31)32)24(18-36)28(38)39/h5-8,11-13,16-17,21,26H,2-4,9-10,14-15,18H2,1H3,(H,38,39). The summed E-state index contributed by atoms with van der Waals surface area (Å²) in [6, 6.07) is 9.35. The van der Waals surface area contributed by atoms with E-state index in [4.69, 9.17) is 0 Å². The van der Waals surface area contributed by atoms with E-state index in [9.17, 15) is 27.9 Å². The van der Waals surface area contributed by atoms with E-state index in [1.165, 1.54) is 6.20 Å². The quantitative estimate of drug-likeness (QED) is 0.577. The van der Waals surface area contributed by atoms with E-state index >= 15 is 0 Å². The van der Waals surface area contributed by atoms with Crippen LogP contribution in [0.2, 0.25) is 0 Å². The minimum atomic E-state index is -4.74. The molecule has 10 heteroatoms. The summed E-state index contributed by atoms with van der Waals surface area (Å²) >= 11 is 0. The van der Waals surface area contributed by atoms with Gasteiger partial charge in [-0.3, -0.25) is 9.78 Å². The number of nitrogens with zero attached hydrogens (tertiary/aromatic N) is 4. The van der Waals surface area contributed by atoms with E-state index in [0.29, 0.717) is 12.0 Å². The van der Waals surface area contributed by atoms with Crippen molar-refractivity contribution in [3.05, 3.63) is 82.8 Å². The summed E-state index contributed by atoms with van der Waals surface area (Å²) in [7, 11) is 1.82. The third-order valence-electron chi connectivity index (χ3n) is 8.10. The number of amides is 1. The number of hydrogen-bond donors (Lipinski definition) is 1. The number of benzene rings is 1. The van der Waals surface area contributed by atoms with Gasteiger partial charge in [0, 0.05) is 56.0 Å². The molecule has 1 aromatic carbocycles. The monoisotopic (exact) mass is 540 g/mol. The number of halogens is 3. The lowest BCUT2D eigenvalue weighted by molar-refractivity contribution is -0.134. The zero-order valence-corrected chi connectivity index (χ0v) is 21.7. The van der Waals surface area contributed by atoms with Gasteiger partial charge in [0.25, 0.3) is 5.91 Å². The predicted molar refractivity (Wildman–Crippen MR) is 140 cm³/mol. The Morgan fingerprint density at radius 2 is 1.79 bits per heavy atom. The van der Waals surface area contributed by atoms with Crippen molar-refractivity contribution in [3.63, 3.8) is 0 Å². The summed E-state index contributed by atoms with van der Waals surface area (Å²) in [4.78, 5) is 35.0. The Labute approximate surface area is 225 Å². The van der Waals surface area contributed by atoms with Gasteiger partial charge in [-0.15, -0.1) is 0 Å². The first-order valence-electron chi connectivity index (χ1n) is 13.2. The number of rotatable bonds is 5. The molecule has 1 atom stereocenters. The molecule has 1 saturated heterocycles. The van der Waals surface area contributed by atoms with Crippen LogP contribution in [0.25, 0.3) is 0 Å². The van der Waals surface area contributed by atoms with Crippen LogP contribution in [0.3, 0.4) is 0 Å². The van der Waals surface area contributed by atoms with Gasteiger partial charge in [-0.05, 0) is 73.6 Å². The number of hydrogen-bond acceptors (Lipinski definition) is 5. The molecule has 7 nitrogen and oxygen atoms in total. The van der Waals surface area contributed by atoms with Crippen LogP contribution in [0.4, 0.5) is 18.9 Å². The lowest BCUT2D eigenvalue weighted by Gasteiger charge is -2.39. The fraction of sp³-hybridized carbons (Fsp3) is 0.414. The molecule has 5 rings (SSSR count). The first-order chi connectivity index (χ1) is 18.6. The van der Waals surface area contributed by atoms with Gasteiger partial charge in [-0.25, -0.2) is 4.79 Å². The topological polar surface area (TPSA) is 77.0 Å². The molecule has 1 unspecified atom stereocenters. The van der Waals surface area contributed by atoms with Gasteiger partial charge in [0.15, 0.2) is 0 Å². The number of alkyl halides is 3. The predicted octanol–water partition coefficient (Wildman–Crippen LogP) is 4.97. The number of carboxylic acid groups (broad SMARTS) is 1. The summed E-state index contributed by atoms with van der Waals surface area (Å²) in [5, 5.41) is 9.49. The maximum atomic E-state index is 13.5. The Morgan fingerprint density at radius 3 is 2.46 bits per heavy atom. The normalized spacial score (nSPS) is 20.2. The number of pyridine rings is 1. The van der Waals surface area contributed by atoms with E-state index in [1.54, 1.807) is 22.2 Å². The SMILES string of the molecule is CN(C(=O)c1ccc2c(c1)C(N1C=CC(C(F)(F)F)=C(C(=O)O)C1)CCC2)C1CCN(c2ccncc2)CC1. The van der Waals surface area contributed by atoms with Crippen molar-refractivity contribution in [2.45, 2.75) is 50.4 Å². The second kappa shape index (κ2) is 10.7. The van der Waals surface area contributed by atoms with Gasteiger partial charge in [-0.2, -0.15) is 13.2 Å². The molecule has 0 bridgehead atoms. The number of carbonyl (C=O) groups excluding carboxylic acids is 1. The lowest BCUT2D eigenvalue weighted by atomic mass is 9.85. The average molecular weight is 541 g/mol. The van der Waals surface area contributed by atoms with E-state index in [-0.39, 0.29) is 24.5 Å². The highest BCUT2D eigenvalue weighted by Crippen LogP contribution is 2.39. The Kier molecular flexibility index (Phi) is 7.38. The van der Waals surface area contributed by atoms with Gasteiger partial charge >= 0.3 is 12.1 Å². The summed E-state index contributed by atoms with van der Waals surface area (Å²) in [5.74, 6) is -1.67. The summed E-state index contributed by atoms with van der Waals surface area (Å²) in [6.45, 7) is 1.32. The van der Waals surface area contributed by atoms with Crippen molar-refractivity contribution in [3.8, 4) is 0 Å². The Hall–Kier alpha value is -3.82. The Balaban J connectivity index is 1.32. The number of carbonyl (C=O) groups is 2. The smallest absolute Gasteiger partial charge is 0.417 e. The molecule has 1 aliphatic carbocycles. The second-order valence-corrected chi connectivity index (χ2v) is 10.3. The molecule has 206 valence electrons. The third kappa shape index (κ3) is 5.51. The van der Waals surface area contributed by atoms with Crippen LogP contribution >= 0.6 is 0 Å². The molecule has 1 amide bonds. The fourth-order valence-electron chi connectivity index (χ4n) is 5.94. The van der Waals surface area contributed by atoms with Gasteiger partial charge < -0.3 is 19.8 Å². The molecule has 39 heavy (non-hydrogen) atoms. The molecule has 0 radical (unpaired) electrons. The molecule has 1 aromatic heterocycles. The number of aromatic nitrogens is 1. The minimum absolute atomic E-state index is 0.0934. The first kappa shape index (κ1) is 26.8. The summed E-state index contributed by atoms with van der Waals surface area (Å²) in [5.41, 5.74) is 1.77. The van der Waals surface area contributed by atoms with Crippen LogP contribution in [0.5, 0.6) is 0 Å². The lowest BCUT2D eigenvalue weighted by Crippen LogP contribution is -2.45. The van der Waals surface area contributed by atoms with Crippen LogP contribution < -0.4 is 4.90 Å². The molecular formula is C29H31F3N4O3. The van der Waals surface area contributed by atoms with Crippen molar-refractivity contribution < 1.29 is 27.9 Å². The van der Waals surface area contributed by atoms with E-state index < -0.39 is 23.3 Å². The van der Waals surface area contributed by atoms with E-state index in [1.807, 2.05) is 37.4 Å². The Morgan fingerprint density at radius 1 is 1.08 bits per heavy atom. The molecule has 3 heterocycles. The van der Waals surface area contributed by atoms with Gasteiger partial charge in [0.2, 0.25) is 0 Å². The first-order valence-corrected chi connectivity index (χ1v) is 13.2. The molecule has 2 aliphatic heterocycles. The maximum absolute atomic E-state index is 13.5. The highest BCUT2D eigenvalue weighted by Gasteiger charge is 2.40. The maximum Gasteiger partial charge on any atom is 0.417 e. The summed E-state index contributed by atoms with van der Waals surface area (Å²) < 4.78 is 40.2. The molecule has 3 aliphatic rings. The van der Waals surface area contributed by atoms with Crippen LogP contribution in [0.15, 0.2) is 66.1 Å². The number of anilines is 1. The summed E-state index contributed by atoms with van der Waals surface area (Å²) in [6.07, 6.45) is 4.95. The van der Waals surface area contributed by atoms with Gasteiger partial charge in [0.05, 0.1) is 23.7 Å². The fourth-order valence-corrected chi connectivity index (χ4v) is 5.94. The Bertz CT molecular complexity index is 1300. The van der Waals surface area contributed by atoms with Crippen LogP contribution in [-0.2, 0) is 11.2 Å². The average Bonchev–Trinajstić information content (AvgIpc) is 2.95. The van der Waals surface area contributed by atoms with Crippen LogP contribution in [0.1, 0.15) is 53.2 Å². The van der Waals surface area contributed by atoms with Crippen molar-refractivity contribution in [2.24, 2.45) is 0 Å². The molecule has 2 aromatic rings. The van der Waals surface area contributed by atoms with E-state index in [2.05, 4.69) is 9.88 Å². The molecular weight excluding hydrogens is 509 g/mol. The van der Waals surface area contributed by atoms with Crippen LogP contribution in [0, 0.1) is 0 Å². The number of carboxylic acids is 1. The van der Waals surface area contributed by atoms with Crippen molar-refractivity contribution >= 4 is 17.6 Å². The van der Waals surface area contributed by atoms with Crippen LogP contribution in [-0.4, -0.2) is 70.7 Å². The zero-order valence-electron chi connectivity index (χ0n) is 21.7. The largest absolute Gasteiger partial charge is 0.478 e. The number of aryl methyl sites for hydroxylation is 1. The number of aliphatic carboxylic acids is 1. The second-order valence-electron chi connectivity index (χ2n) is 10.3. The van der Waals surface area contributed by atoms with Gasteiger partial charge in [0.1, 0.15) is 0 Å². The number of allylic oxidation sites excluding steroid dienone is 2. The highest BCUT2D eigenvalue weighted by molar-refractivity contribution is 5.94. The molecule has 0 spiro atoms. The molecule has 0 saturated carbocycles. The van der Waals surface area contributed by atoms with Crippen molar-refractivity contribution in [1.82, 2.24) is 14.8 Å². The zero-order chi connectivity index (χ0) is 27.7. The highest BCUT2D eigenvalue weighted by atomic mass is 19.4. The minimum Gasteiger partial charge on any atom is -0.478 e. The number of piperidine rings is 1.